The standard InChI is InChI=1S/C12H12N2O3/c15-11-12(6-1-2-7-12)8-4-3-5-9(14(16)17)10(8)13-11/h3-5H,1-2,6-7H2,(H,13,15). The van der Waals surface area contributed by atoms with Gasteiger partial charge in [-0.3, -0.25) is 14.9 Å². The molecule has 1 spiro atoms. The highest BCUT2D eigenvalue weighted by atomic mass is 16.6. The van der Waals surface area contributed by atoms with Crippen molar-refractivity contribution in [2.24, 2.45) is 0 Å². The molecule has 1 N–H and O–H groups in total. The average Bonchev–Trinajstić information content (AvgIpc) is 2.88. The fraction of sp³-hybridized carbons (Fsp3) is 0.417. The summed E-state index contributed by atoms with van der Waals surface area (Å²) in [7, 11) is 0. The summed E-state index contributed by atoms with van der Waals surface area (Å²) in [5.74, 6) is -0.0701. The zero-order chi connectivity index (χ0) is 12.0. The number of carbonyl (C=O) groups excluding carboxylic acids is 1. The lowest BCUT2D eigenvalue weighted by molar-refractivity contribution is -0.383. The summed E-state index contributed by atoms with van der Waals surface area (Å²) < 4.78 is 0. The second-order valence-corrected chi connectivity index (χ2v) is 4.70. The van der Waals surface area contributed by atoms with E-state index < -0.39 is 10.3 Å². The van der Waals surface area contributed by atoms with Crippen LogP contribution in [-0.2, 0) is 10.2 Å². The predicted octanol–water partition coefficient (Wildman–Crippen LogP) is 2.36. The Morgan fingerprint density at radius 1 is 1.29 bits per heavy atom. The Hall–Kier alpha value is -1.91. The molecule has 5 heteroatoms. The van der Waals surface area contributed by atoms with Crippen molar-refractivity contribution in [3.8, 4) is 0 Å². The van der Waals surface area contributed by atoms with Gasteiger partial charge in [0.15, 0.2) is 0 Å². The average molecular weight is 232 g/mol. The molecule has 0 aromatic heterocycles. The molecule has 0 unspecified atom stereocenters. The van der Waals surface area contributed by atoms with E-state index >= 15 is 0 Å². The Morgan fingerprint density at radius 3 is 2.65 bits per heavy atom. The molecule has 0 atom stereocenters. The van der Waals surface area contributed by atoms with E-state index in [1.165, 1.54) is 6.07 Å². The summed E-state index contributed by atoms with van der Waals surface area (Å²) in [5, 5.41) is 13.6. The van der Waals surface area contributed by atoms with E-state index in [0.717, 1.165) is 31.2 Å². The second-order valence-electron chi connectivity index (χ2n) is 4.70. The maximum absolute atomic E-state index is 12.1. The summed E-state index contributed by atoms with van der Waals surface area (Å²) >= 11 is 0. The van der Waals surface area contributed by atoms with Crippen LogP contribution in [0.1, 0.15) is 31.2 Å². The molecule has 3 rings (SSSR count). The van der Waals surface area contributed by atoms with Crippen LogP contribution in [0.4, 0.5) is 11.4 Å². The summed E-state index contributed by atoms with van der Waals surface area (Å²) in [5.41, 5.74) is 0.722. The minimum atomic E-state index is -0.499. The van der Waals surface area contributed by atoms with E-state index in [2.05, 4.69) is 5.32 Å². The molecular weight excluding hydrogens is 220 g/mol. The lowest BCUT2D eigenvalue weighted by atomic mass is 9.80. The van der Waals surface area contributed by atoms with Crippen molar-refractivity contribution >= 4 is 17.3 Å². The number of amides is 1. The maximum atomic E-state index is 12.1. The van der Waals surface area contributed by atoms with Crippen molar-refractivity contribution in [2.45, 2.75) is 31.1 Å². The van der Waals surface area contributed by atoms with Crippen LogP contribution in [0.2, 0.25) is 0 Å². The summed E-state index contributed by atoms with van der Waals surface area (Å²) in [4.78, 5) is 22.6. The van der Waals surface area contributed by atoms with Crippen LogP contribution < -0.4 is 5.32 Å². The van der Waals surface area contributed by atoms with Crippen LogP contribution in [0, 0.1) is 10.1 Å². The number of nitro groups is 1. The number of hydrogen-bond donors (Lipinski definition) is 1. The number of benzene rings is 1. The molecule has 5 nitrogen and oxygen atoms in total. The highest BCUT2D eigenvalue weighted by Gasteiger charge is 2.50. The largest absolute Gasteiger partial charge is 0.319 e. The van der Waals surface area contributed by atoms with Gasteiger partial charge in [-0.1, -0.05) is 25.0 Å². The highest BCUT2D eigenvalue weighted by Crippen LogP contribution is 2.51. The third kappa shape index (κ3) is 1.22. The van der Waals surface area contributed by atoms with E-state index in [0.29, 0.717) is 5.69 Å². The lowest BCUT2D eigenvalue weighted by Gasteiger charge is -2.19. The van der Waals surface area contributed by atoms with Gasteiger partial charge in [0.25, 0.3) is 5.69 Å². The van der Waals surface area contributed by atoms with Crippen LogP contribution >= 0.6 is 0 Å². The number of hydrogen-bond acceptors (Lipinski definition) is 3. The van der Waals surface area contributed by atoms with Crippen molar-refractivity contribution in [2.75, 3.05) is 5.32 Å². The van der Waals surface area contributed by atoms with Gasteiger partial charge in [-0.2, -0.15) is 0 Å². The van der Waals surface area contributed by atoms with E-state index in [9.17, 15) is 14.9 Å². The summed E-state index contributed by atoms with van der Waals surface area (Å²) in [6, 6.07) is 4.94. The van der Waals surface area contributed by atoms with E-state index in [1.807, 2.05) is 6.07 Å². The van der Waals surface area contributed by atoms with Gasteiger partial charge in [-0.05, 0) is 18.4 Å². The van der Waals surface area contributed by atoms with Gasteiger partial charge in [0, 0.05) is 6.07 Å². The van der Waals surface area contributed by atoms with Gasteiger partial charge in [0.05, 0.1) is 10.3 Å². The van der Waals surface area contributed by atoms with Crippen molar-refractivity contribution in [3.05, 3.63) is 33.9 Å². The topological polar surface area (TPSA) is 72.2 Å². The molecule has 17 heavy (non-hydrogen) atoms. The Kier molecular flexibility index (Phi) is 1.98. The maximum Gasteiger partial charge on any atom is 0.293 e. The summed E-state index contributed by atoms with van der Waals surface area (Å²) in [6.45, 7) is 0. The number of para-hydroxylation sites is 1. The molecule has 0 saturated heterocycles. The van der Waals surface area contributed by atoms with Crippen LogP contribution in [0.25, 0.3) is 0 Å². The monoisotopic (exact) mass is 232 g/mol. The molecule has 1 amide bonds. The van der Waals surface area contributed by atoms with Crippen LogP contribution in [0.15, 0.2) is 18.2 Å². The Morgan fingerprint density at radius 2 is 2.00 bits per heavy atom. The first-order valence-corrected chi connectivity index (χ1v) is 5.74. The first-order valence-electron chi connectivity index (χ1n) is 5.74. The van der Waals surface area contributed by atoms with Crippen LogP contribution in [0.3, 0.4) is 0 Å². The molecule has 2 aliphatic rings. The quantitative estimate of drug-likeness (QED) is 0.596. The minimum Gasteiger partial charge on any atom is -0.319 e. The molecule has 1 aliphatic carbocycles. The van der Waals surface area contributed by atoms with Gasteiger partial charge in [-0.15, -0.1) is 0 Å². The first-order chi connectivity index (χ1) is 8.15. The van der Waals surface area contributed by atoms with Crippen molar-refractivity contribution < 1.29 is 9.72 Å². The number of carbonyl (C=O) groups is 1. The molecular formula is C12H12N2O3. The number of nitrogens with zero attached hydrogens (tertiary/aromatic N) is 1. The molecule has 1 saturated carbocycles. The predicted molar refractivity (Wildman–Crippen MR) is 61.9 cm³/mol. The van der Waals surface area contributed by atoms with Gasteiger partial charge in [0.1, 0.15) is 5.69 Å². The normalized spacial score (nSPS) is 20.4. The van der Waals surface area contributed by atoms with Crippen molar-refractivity contribution in [3.63, 3.8) is 0 Å². The van der Waals surface area contributed by atoms with E-state index in [-0.39, 0.29) is 11.6 Å². The molecule has 0 bridgehead atoms. The molecule has 1 heterocycles. The van der Waals surface area contributed by atoms with Gasteiger partial charge in [0.2, 0.25) is 5.91 Å². The lowest BCUT2D eigenvalue weighted by Crippen LogP contribution is -2.30. The third-order valence-electron chi connectivity index (χ3n) is 3.89. The second kappa shape index (κ2) is 3.29. The zero-order valence-corrected chi connectivity index (χ0v) is 9.23. The SMILES string of the molecule is O=C1Nc2c([N+](=O)[O-])cccc2C12CCCC2. The minimum absolute atomic E-state index is 0.000347. The van der Waals surface area contributed by atoms with Crippen molar-refractivity contribution in [1.29, 1.82) is 0 Å². The molecule has 1 aliphatic heterocycles. The Bertz CT molecular complexity index is 518. The Labute approximate surface area is 98.0 Å². The van der Waals surface area contributed by atoms with Crippen LogP contribution in [0.5, 0.6) is 0 Å². The number of anilines is 1. The van der Waals surface area contributed by atoms with Gasteiger partial charge < -0.3 is 5.32 Å². The van der Waals surface area contributed by atoms with Gasteiger partial charge >= 0.3 is 0 Å². The highest BCUT2D eigenvalue weighted by molar-refractivity contribution is 6.08. The fourth-order valence-corrected chi connectivity index (χ4v) is 3.05. The van der Waals surface area contributed by atoms with Gasteiger partial charge in [-0.25, -0.2) is 0 Å². The van der Waals surface area contributed by atoms with E-state index in [4.69, 9.17) is 0 Å². The first kappa shape index (κ1) is 10.3. The number of nitro benzene ring substituents is 1. The smallest absolute Gasteiger partial charge is 0.293 e. The third-order valence-corrected chi connectivity index (χ3v) is 3.89. The molecule has 1 fully saturated rings. The molecule has 1 aromatic carbocycles. The Balaban J connectivity index is 2.21. The number of nitrogens with one attached hydrogen (secondary N) is 1. The number of fused-ring (bicyclic) bond motifs is 2. The molecule has 0 radical (unpaired) electrons. The zero-order valence-electron chi connectivity index (χ0n) is 9.23. The summed E-state index contributed by atoms with van der Waals surface area (Å²) in [6.07, 6.45) is 3.62. The number of rotatable bonds is 1. The van der Waals surface area contributed by atoms with Crippen LogP contribution in [-0.4, -0.2) is 10.8 Å². The fourth-order valence-electron chi connectivity index (χ4n) is 3.05. The molecule has 88 valence electrons. The van der Waals surface area contributed by atoms with Crippen molar-refractivity contribution in [1.82, 2.24) is 0 Å². The molecule has 1 aromatic rings. The van der Waals surface area contributed by atoms with E-state index in [1.54, 1.807) is 6.07 Å².